The van der Waals surface area contributed by atoms with Crippen LogP contribution in [0.5, 0.6) is 0 Å². The summed E-state index contributed by atoms with van der Waals surface area (Å²) in [5, 5.41) is 8.92. The van der Waals surface area contributed by atoms with Gasteiger partial charge in [-0.1, -0.05) is 25.1 Å². The lowest BCUT2D eigenvalue weighted by Crippen LogP contribution is -2.32. The summed E-state index contributed by atoms with van der Waals surface area (Å²) in [5.41, 5.74) is 0.945. The van der Waals surface area contributed by atoms with Gasteiger partial charge in [0.05, 0.1) is 5.75 Å². The maximum Gasteiger partial charge on any atom is 0.236 e. The van der Waals surface area contributed by atoms with Crippen molar-refractivity contribution in [3.05, 3.63) is 30.3 Å². The summed E-state index contributed by atoms with van der Waals surface area (Å²) in [6.07, 6.45) is 0. The van der Waals surface area contributed by atoms with Gasteiger partial charge in [0.2, 0.25) is 5.91 Å². The molecule has 1 atom stereocenters. The van der Waals surface area contributed by atoms with E-state index < -0.39 is 0 Å². The summed E-state index contributed by atoms with van der Waals surface area (Å²) in [7, 11) is 0. The van der Waals surface area contributed by atoms with Crippen molar-refractivity contribution in [3.63, 3.8) is 0 Å². The summed E-state index contributed by atoms with van der Waals surface area (Å²) in [6, 6.07) is 9.71. The van der Waals surface area contributed by atoms with Crippen molar-refractivity contribution in [1.82, 2.24) is 0 Å². The quantitative estimate of drug-likeness (QED) is 0.824. The first-order chi connectivity index (χ1) is 8.69. The summed E-state index contributed by atoms with van der Waals surface area (Å²) in [6.45, 7) is 4.81. The van der Waals surface area contributed by atoms with E-state index in [0.29, 0.717) is 12.3 Å². The van der Waals surface area contributed by atoms with Crippen LogP contribution < -0.4 is 4.90 Å². The van der Waals surface area contributed by atoms with E-state index in [1.807, 2.05) is 44.2 Å². The molecule has 0 aliphatic rings. The normalized spacial score (nSPS) is 12.2. The van der Waals surface area contributed by atoms with E-state index >= 15 is 0 Å². The number of hydrogen-bond acceptors (Lipinski definition) is 3. The number of carbonyl (C=O) groups is 1. The summed E-state index contributed by atoms with van der Waals surface area (Å²) >= 11 is 1.58. The molecule has 3 nitrogen and oxygen atoms in total. The average Bonchev–Trinajstić information content (AvgIpc) is 2.40. The van der Waals surface area contributed by atoms with Gasteiger partial charge >= 0.3 is 0 Å². The van der Waals surface area contributed by atoms with E-state index in [1.165, 1.54) is 0 Å². The van der Waals surface area contributed by atoms with Crippen LogP contribution in [0.4, 0.5) is 5.69 Å². The number of anilines is 1. The topological polar surface area (TPSA) is 40.5 Å². The second-order valence-corrected chi connectivity index (χ2v) is 5.31. The molecule has 1 unspecified atom stereocenters. The SMILES string of the molecule is CCN(C(=O)CSCC(C)CO)c1ccccc1. The average molecular weight is 267 g/mol. The Morgan fingerprint density at radius 1 is 1.39 bits per heavy atom. The molecule has 100 valence electrons. The molecule has 0 saturated heterocycles. The van der Waals surface area contributed by atoms with E-state index in [9.17, 15) is 4.79 Å². The Balaban J connectivity index is 2.48. The Hall–Kier alpha value is -1.00. The van der Waals surface area contributed by atoms with E-state index in [-0.39, 0.29) is 18.4 Å². The largest absolute Gasteiger partial charge is 0.396 e. The van der Waals surface area contributed by atoms with Gasteiger partial charge in [-0.3, -0.25) is 4.79 Å². The molecule has 0 saturated carbocycles. The van der Waals surface area contributed by atoms with E-state index in [1.54, 1.807) is 16.7 Å². The molecule has 0 heterocycles. The van der Waals surface area contributed by atoms with Crippen LogP contribution >= 0.6 is 11.8 Å². The van der Waals surface area contributed by atoms with Crippen molar-refractivity contribution in [3.8, 4) is 0 Å². The molecule has 0 aliphatic carbocycles. The number of amides is 1. The lowest BCUT2D eigenvalue weighted by molar-refractivity contribution is -0.116. The molecular formula is C14H21NO2S. The standard InChI is InChI=1S/C14H21NO2S/c1-3-15(13-7-5-4-6-8-13)14(17)11-18-10-12(2)9-16/h4-8,12,16H,3,9-11H2,1-2H3. The lowest BCUT2D eigenvalue weighted by Gasteiger charge is -2.21. The number of para-hydroxylation sites is 1. The predicted molar refractivity (Wildman–Crippen MR) is 78.0 cm³/mol. The minimum atomic E-state index is 0.124. The van der Waals surface area contributed by atoms with Gasteiger partial charge in [-0.05, 0) is 30.7 Å². The molecule has 0 fully saturated rings. The Bertz CT molecular complexity index is 356. The molecule has 1 amide bonds. The smallest absolute Gasteiger partial charge is 0.236 e. The van der Waals surface area contributed by atoms with Crippen molar-refractivity contribution in [2.24, 2.45) is 5.92 Å². The number of thioether (sulfide) groups is 1. The van der Waals surface area contributed by atoms with Crippen LogP contribution in [-0.4, -0.2) is 35.7 Å². The number of benzene rings is 1. The highest BCUT2D eigenvalue weighted by molar-refractivity contribution is 7.99. The molecule has 4 heteroatoms. The molecule has 0 radical (unpaired) electrons. The van der Waals surface area contributed by atoms with E-state index in [0.717, 1.165) is 11.4 Å². The molecular weight excluding hydrogens is 246 g/mol. The number of rotatable bonds is 7. The fourth-order valence-corrected chi connectivity index (χ4v) is 2.54. The number of carbonyl (C=O) groups excluding carboxylic acids is 1. The number of nitrogens with zero attached hydrogens (tertiary/aromatic N) is 1. The van der Waals surface area contributed by atoms with Gasteiger partial charge in [-0.2, -0.15) is 11.8 Å². The predicted octanol–water partition coefficient (Wildman–Crippen LogP) is 2.40. The summed E-state index contributed by atoms with van der Waals surface area (Å²) in [5.74, 6) is 1.65. The first-order valence-corrected chi connectivity index (χ1v) is 7.38. The molecule has 0 spiro atoms. The summed E-state index contributed by atoms with van der Waals surface area (Å²) < 4.78 is 0. The second-order valence-electron chi connectivity index (χ2n) is 4.28. The van der Waals surface area contributed by atoms with Gasteiger partial charge < -0.3 is 10.0 Å². The molecule has 18 heavy (non-hydrogen) atoms. The van der Waals surface area contributed by atoms with Gasteiger partial charge in [0.25, 0.3) is 0 Å². The monoisotopic (exact) mass is 267 g/mol. The highest BCUT2D eigenvalue weighted by atomic mass is 32.2. The first-order valence-electron chi connectivity index (χ1n) is 6.23. The van der Waals surface area contributed by atoms with Gasteiger partial charge in [0.15, 0.2) is 0 Å². The number of aliphatic hydroxyl groups excluding tert-OH is 1. The highest BCUT2D eigenvalue weighted by Crippen LogP contribution is 2.15. The maximum absolute atomic E-state index is 12.1. The van der Waals surface area contributed by atoms with Crippen LogP contribution in [0.1, 0.15) is 13.8 Å². The molecule has 0 bridgehead atoms. The first kappa shape index (κ1) is 15.1. The zero-order chi connectivity index (χ0) is 13.4. The zero-order valence-corrected chi connectivity index (χ0v) is 11.8. The van der Waals surface area contributed by atoms with Crippen molar-refractivity contribution < 1.29 is 9.90 Å². The minimum absolute atomic E-state index is 0.124. The molecule has 1 aromatic rings. The number of hydrogen-bond donors (Lipinski definition) is 1. The fourth-order valence-electron chi connectivity index (χ4n) is 1.59. The van der Waals surface area contributed by atoms with Crippen LogP contribution in [0.2, 0.25) is 0 Å². The maximum atomic E-state index is 12.1. The third-order valence-electron chi connectivity index (χ3n) is 2.62. The Morgan fingerprint density at radius 2 is 2.06 bits per heavy atom. The number of aliphatic hydroxyl groups is 1. The fraction of sp³-hybridized carbons (Fsp3) is 0.500. The highest BCUT2D eigenvalue weighted by Gasteiger charge is 2.13. The third kappa shape index (κ3) is 4.70. The van der Waals surface area contributed by atoms with Crippen LogP contribution in [0, 0.1) is 5.92 Å². The molecule has 0 aliphatic heterocycles. The van der Waals surface area contributed by atoms with Crippen molar-refractivity contribution >= 4 is 23.4 Å². The Kier molecular flexibility index (Phi) is 6.83. The van der Waals surface area contributed by atoms with Crippen molar-refractivity contribution in [2.45, 2.75) is 13.8 Å². The van der Waals surface area contributed by atoms with Gasteiger partial charge in [0, 0.05) is 18.8 Å². The van der Waals surface area contributed by atoms with E-state index in [2.05, 4.69) is 0 Å². The molecule has 1 N–H and O–H groups in total. The van der Waals surface area contributed by atoms with Crippen LogP contribution in [0.15, 0.2) is 30.3 Å². The lowest BCUT2D eigenvalue weighted by atomic mass is 10.2. The van der Waals surface area contributed by atoms with E-state index in [4.69, 9.17) is 5.11 Å². The second kappa shape index (κ2) is 8.16. The zero-order valence-electron chi connectivity index (χ0n) is 11.0. The van der Waals surface area contributed by atoms with Gasteiger partial charge in [-0.25, -0.2) is 0 Å². The molecule has 0 aromatic heterocycles. The third-order valence-corrected chi connectivity index (χ3v) is 3.88. The Labute approximate surface area is 113 Å². The van der Waals surface area contributed by atoms with Gasteiger partial charge in [-0.15, -0.1) is 0 Å². The van der Waals surface area contributed by atoms with Crippen LogP contribution in [0.3, 0.4) is 0 Å². The van der Waals surface area contributed by atoms with Crippen molar-refractivity contribution in [1.29, 1.82) is 0 Å². The molecule has 1 rings (SSSR count). The van der Waals surface area contributed by atoms with Gasteiger partial charge in [0.1, 0.15) is 0 Å². The Morgan fingerprint density at radius 3 is 2.61 bits per heavy atom. The molecule has 1 aromatic carbocycles. The summed E-state index contributed by atoms with van der Waals surface area (Å²) in [4.78, 5) is 13.9. The minimum Gasteiger partial charge on any atom is -0.396 e. The van der Waals surface area contributed by atoms with Crippen molar-refractivity contribution in [2.75, 3.05) is 29.6 Å². The van der Waals surface area contributed by atoms with Crippen LogP contribution in [-0.2, 0) is 4.79 Å². The van der Waals surface area contributed by atoms with Crippen LogP contribution in [0.25, 0.3) is 0 Å².